The van der Waals surface area contributed by atoms with Gasteiger partial charge in [-0.1, -0.05) is 68.4 Å². The average Bonchev–Trinajstić information content (AvgIpc) is 3.04. The van der Waals surface area contributed by atoms with Crippen molar-refractivity contribution in [2.45, 2.75) is 45.7 Å². The van der Waals surface area contributed by atoms with Gasteiger partial charge >= 0.3 is 0 Å². The second-order valence-electron chi connectivity index (χ2n) is 11.3. The van der Waals surface area contributed by atoms with Crippen LogP contribution in [0.25, 0.3) is 11.1 Å². The minimum absolute atomic E-state index is 0.133. The van der Waals surface area contributed by atoms with Crippen LogP contribution in [-0.4, -0.2) is 73.5 Å². The Balaban J connectivity index is 1.44. The summed E-state index contributed by atoms with van der Waals surface area (Å²) in [7, 11) is 0. The third-order valence-electron chi connectivity index (χ3n) is 7.43. The number of hydrogen-bond acceptors (Lipinski definition) is 6. The third-order valence-corrected chi connectivity index (χ3v) is 7.43. The predicted molar refractivity (Wildman–Crippen MR) is 172 cm³/mol. The van der Waals surface area contributed by atoms with Crippen LogP contribution in [0.2, 0.25) is 0 Å². The zero-order valence-electron chi connectivity index (χ0n) is 26.1. The highest BCUT2D eigenvalue weighted by molar-refractivity contribution is 6.01. The van der Waals surface area contributed by atoms with Crippen molar-refractivity contribution in [1.29, 1.82) is 0 Å². The van der Waals surface area contributed by atoms with E-state index in [1.54, 1.807) is 29.2 Å². The summed E-state index contributed by atoms with van der Waals surface area (Å²) in [4.78, 5) is 54.9. The van der Waals surface area contributed by atoms with Crippen LogP contribution in [0.1, 0.15) is 44.0 Å². The van der Waals surface area contributed by atoms with Gasteiger partial charge in [-0.15, -0.1) is 0 Å². The van der Waals surface area contributed by atoms with E-state index >= 15 is 0 Å². The molecular formula is C35H42N4O6. The molecule has 3 aromatic rings. The van der Waals surface area contributed by atoms with Crippen molar-refractivity contribution in [3.8, 4) is 22.6 Å². The molecule has 0 radical (unpaired) electrons. The van der Waals surface area contributed by atoms with Crippen molar-refractivity contribution >= 4 is 23.6 Å². The molecule has 10 nitrogen and oxygen atoms in total. The van der Waals surface area contributed by atoms with Gasteiger partial charge in [-0.3, -0.25) is 19.2 Å². The first kappa shape index (κ1) is 33.0. The van der Waals surface area contributed by atoms with Crippen molar-refractivity contribution in [3.63, 3.8) is 0 Å². The van der Waals surface area contributed by atoms with Crippen molar-refractivity contribution in [1.82, 2.24) is 20.9 Å². The first-order valence-corrected chi connectivity index (χ1v) is 15.4. The van der Waals surface area contributed by atoms with Crippen LogP contribution in [0.3, 0.4) is 0 Å². The summed E-state index contributed by atoms with van der Waals surface area (Å²) in [5.41, 5.74) is 2.38. The molecule has 3 aromatic carbocycles. The van der Waals surface area contributed by atoms with E-state index in [0.717, 1.165) is 11.1 Å². The second kappa shape index (κ2) is 16.3. The highest BCUT2D eigenvalue weighted by Crippen LogP contribution is 2.22. The van der Waals surface area contributed by atoms with Gasteiger partial charge in [0.1, 0.15) is 36.8 Å². The van der Waals surface area contributed by atoms with Crippen LogP contribution in [0, 0.1) is 5.92 Å². The molecular weight excluding hydrogens is 572 g/mol. The van der Waals surface area contributed by atoms with E-state index in [1.807, 2.05) is 75.4 Å². The number of fused-ring (bicyclic) bond motifs is 1. The molecule has 3 N–H and O–H groups in total. The van der Waals surface area contributed by atoms with Gasteiger partial charge < -0.3 is 30.3 Å². The molecule has 0 saturated carbocycles. The molecule has 0 aliphatic carbocycles. The maximum atomic E-state index is 13.4. The van der Waals surface area contributed by atoms with Gasteiger partial charge in [0.25, 0.3) is 5.91 Å². The molecule has 2 atom stereocenters. The van der Waals surface area contributed by atoms with Crippen molar-refractivity contribution in [3.05, 3.63) is 84.4 Å². The first-order chi connectivity index (χ1) is 21.7. The molecule has 4 rings (SSSR count). The summed E-state index contributed by atoms with van der Waals surface area (Å²) in [6.45, 7) is 7.00. The Kier molecular flexibility index (Phi) is 12.0. The summed E-state index contributed by atoms with van der Waals surface area (Å²) >= 11 is 0. The molecule has 0 fully saturated rings. The fraction of sp³-hybridized carbons (Fsp3) is 0.371. The molecule has 238 valence electrons. The van der Waals surface area contributed by atoms with Gasteiger partial charge in [0.2, 0.25) is 17.7 Å². The first-order valence-electron chi connectivity index (χ1n) is 15.4. The van der Waals surface area contributed by atoms with Gasteiger partial charge in [0.15, 0.2) is 0 Å². The van der Waals surface area contributed by atoms with Crippen LogP contribution in [0.5, 0.6) is 11.5 Å². The van der Waals surface area contributed by atoms with Crippen LogP contribution in [-0.2, 0) is 14.4 Å². The maximum Gasteiger partial charge on any atom is 0.255 e. The van der Waals surface area contributed by atoms with E-state index in [-0.39, 0.29) is 43.6 Å². The molecule has 1 aliphatic rings. The van der Waals surface area contributed by atoms with Crippen LogP contribution in [0.15, 0.2) is 78.9 Å². The molecule has 0 saturated heterocycles. The SMILES string of the molecule is CCN1CCOc2ccccc2C(=O)N[C@H](C(=O)NCCOc2ccc(-c3ccccc3)cc2)CC(=O)N[C@@H](CC(C)C)C1=O. The van der Waals surface area contributed by atoms with E-state index in [4.69, 9.17) is 9.47 Å². The van der Waals surface area contributed by atoms with Crippen LogP contribution in [0.4, 0.5) is 0 Å². The Morgan fingerprint density at radius 1 is 0.956 bits per heavy atom. The number of rotatable bonds is 9. The fourth-order valence-corrected chi connectivity index (χ4v) is 5.11. The Hall–Kier alpha value is -4.86. The Bertz CT molecular complexity index is 1440. The maximum absolute atomic E-state index is 13.4. The number of likely N-dealkylation sites (N-methyl/N-ethyl adjacent to an activating group) is 1. The summed E-state index contributed by atoms with van der Waals surface area (Å²) in [5.74, 6) is -0.720. The lowest BCUT2D eigenvalue weighted by Crippen LogP contribution is -2.53. The molecule has 0 unspecified atom stereocenters. The number of carbonyl (C=O) groups excluding carboxylic acids is 4. The molecule has 0 bridgehead atoms. The van der Waals surface area contributed by atoms with E-state index in [9.17, 15) is 19.2 Å². The quantitative estimate of drug-likeness (QED) is 0.315. The number of nitrogens with one attached hydrogen (secondary N) is 3. The van der Waals surface area contributed by atoms with Gasteiger partial charge in [-0.05, 0) is 54.7 Å². The molecule has 1 aliphatic heterocycles. The Labute approximate surface area is 264 Å². The zero-order chi connectivity index (χ0) is 32.2. The highest BCUT2D eigenvalue weighted by Gasteiger charge is 2.30. The van der Waals surface area contributed by atoms with Crippen molar-refractivity contribution in [2.24, 2.45) is 5.92 Å². The summed E-state index contributed by atoms with van der Waals surface area (Å²) < 4.78 is 11.7. The third kappa shape index (κ3) is 9.56. The minimum atomic E-state index is -1.20. The Morgan fingerprint density at radius 2 is 1.64 bits per heavy atom. The number of nitrogens with zero attached hydrogens (tertiary/aromatic N) is 1. The lowest BCUT2D eigenvalue weighted by Gasteiger charge is -2.29. The van der Waals surface area contributed by atoms with E-state index in [0.29, 0.717) is 31.0 Å². The predicted octanol–water partition coefficient (Wildman–Crippen LogP) is 3.81. The van der Waals surface area contributed by atoms with Gasteiger partial charge in [0, 0.05) is 6.54 Å². The van der Waals surface area contributed by atoms with E-state index < -0.39 is 29.8 Å². The second-order valence-corrected chi connectivity index (χ2v) is 11.3. The lowest BCUT2D eigenvalue weighted by molar-refractivity contribution is -0.137. The normalized spacial score (nSPS) is 17.8. The van der Waals surface area contributed by atoms with Crippen molar-refractivity contribution in [2.75, 3.05) is 32.8 Å². The van der Waals surface area contributed by atoms with Gasteiger partial charge in [-0.25, -0.2) is 0 Å². The number of amides is 4. The molecule has 4 amide bonds. The molecule has 0 aromatic heterocycles. The number of para-hydroxylation sites is 1. The molecule has 10 heteroatoms. The topological polar surface area (TPSA) is 126 Å². The minimum Gasteiger partial charge on any atom is -0.492 e. The zero-order valence-corrected chi connectivity index (χ0v) is 26.1. The van der Waals surface area contributed by atoms with E-state index in [1.165, 1.54) is 0 Å². The summed E-state index contributed by atoms with van der Waals surface area (Å²) in [5, 5.41) is 8.27. The largest absolute Gasteiger partial charge is 0.492 e. The van der Waals surface area contributed by atoms with Gasteiger partial charge in [0.05, 0.1) is 25.1 Å². The summed E-state index contributed by atoms with van der Waals surface area (Å²) in [6, 6.07) is 22.3. The fourth-order valence-electron chi connectivity index (χ4n) is 5.11. The number of hydrogen-bond donors (Lipinski definition) is 3. The van der Waals surface area contributed by atoms with E-state index in [2.05, 4.69) is 16.0 Å². The number of carbonyl (C=O) groups is 4. The number of ether oxygens (including phenoxy) is 2. The number of benzene rings is 3. The van der Waals surface area contributed by atoms with Crippen LogP contribution < -0.4 is 25.4 Å². The molecule has 1 heterocycles. The standard InChI is InChI=1S/C35H42N4O6/c1-4-39-19-21-45-31-13-9-8-12-28(31)33(41)38-29(23-32(40)37-30(35(39)43)22-24(2)3)34(42)36-18-20-44-27-16-14-26(15-17-27)25-10-6-5-7-11-25/h5-17,24,29-30H,4,18-23H2,1-3H3,(H,36,42)(H,37,40)(H,38,41)/t29-,30-/m0/s1. The summed E-state index contributed by atoms with van der Waals surface area (Å²) in [6.07, 6.45) is 0.0774. The smallest absolute Gasteiger partial charge is 0.255 e. The molecule has 0 spiro atoms. The average molecular weight is 615 g/mol. The Morgan fingerprint density at radius 3 is 2.36 bits per heavy atom. The van der Waals surface area contributed by atoms with Gasteiger partial charge in [-0.2, -0.15) is 0 Å². The highest BCUT2D eigenvalue weighted by atomic mass is 16.5. The monoisotopic (exact) mass is 614 g/mol. The lowest BCUT2D eigenvalue weighted by atomic mass is 10.0. The van der Waals surface area contributed by atoms with Crippen molar-refractivity contribution < 1.29 is 28.7 Å². The molecule has 45 heavy (non-hydrogen) atoms. The van der Waals surface area contributed by atoms with Crippen LogP contribution >= 0.6 is 0 Å².